The predicted octanol–water partition coefficient (Wildman–Crippen LogP) is 3.97. The van der Waals surface area contributed by atoms with Crippen LogP contribution in [0.3, 0.4) is 0 Å². The molecule has 0 aliphatic rings. The lowest BCUT2D eigenvalue weighted by Crippen LogP contribution is -1.94. The van der Waals surface area contributed by atoms with Crippen molar-refractivity contribution in [1.82, 2.24) is 0 Å². The van der Waals surface area contributed by atoms with E-state index >= 15 is 0 Å². The van der Waals surface area contributed by atoms with Crippen molar-refractivity contribution in [2.45, 2.75) is 19.8 Å². The molecule has 2 N–H and O–H groups in total. The average Bonchev–Trinajstić information content (AvgIpc) is 2.76. The molecular weight excluding hydrogens is 275 g/mol. The molecule has 2 rings (SSSR count). The molecule has 1 aromatic carbocycles. The van der Waals surface area contributed by atoms with Crippen LogP contribution in [0.25, 0.3) is 10.4 Å². The Morgan fingerprint density at radius 1 is 1.45 bits per heavy atom. The van der Waals surface area contributed by atoms with Gasteiger partial charge in [0.05, 0.1) is 12.8 Å². The Morgan fingerprint density at radius 3 is 2.75 bits per heavy atom. The first-order chi connectivity index (χ1) is 9.62. The van der Waals surface area contributed by atoms with Gasteiger partial charge in [0.2, 0.25) is 0 Å². The van der Waals surface area contributed by atoms with Crippen LogP contribution in [0.2, 0.25) is 0 Å². The van der Waals surface area contributed by atoms with Crippen LogP contribution in [-0.4, -0.2) is 7.11 Å². The third-order valence-corrected chi connectivity index (χ3v) is 4.26. The minimum atomic E-state index is -0.368. The molecule has 0 aliphatic heterocycles. The van der Waals surface area contributed by atoms with Crippen molar-refractivity contribution in [3.63, 3.8) is 0 Å². The van der Waals surface area contributed by atoms with Gasteiger partial charge in [-0.25, -0.2) is 4.39 Å². The van der Waals surface area contributed by atoms with Gasteiger partial charge >= 0.3 is 0 Å². The Hall–Kier alpha value is -2.06. The molecule has 0 fully saturated rings. The number of benzene rings is 1. The van der Waals surface area contributed by atoms with Gasteiger partial charge in [0, 0.05) is 16.5 Å². The molecule has 0 amide bonds. The van der Waals surface area contributed by atoms with E-state index in [1.165, 1.54) is 24.5 Å². The van der Waals surface area contributed by atoms with Crippen LogP contribution in [0.5, 0.6) is 5.75 Å². The molecule has 1 heterocycles. The van der Waals surface area contributed by atoms with E-state index in [0.717, 1.165) is 23.3 Å². The first-order valence-corrected chi connectivity index (χ1v) is 7.09. The maximum absolute atomic E-state index is 14.2. The summed E-state index contributed by atoms with van der Waals surface area (Å²) in [6.07, 6.45) is 1.61. The maximum Gasteiger partial charge on any atom is 0.135 e. The van der Waals surface area contributed by atoms with E-state index in [0.29, 0.717) is 21.9 Å². The molecule has 0 saturated heterocycles. The summed E-state index contributed by atoms with van der Waals surface area (Å²) in [5, 5.41) is 9.09. The van der Waals surface area contributed by atoms with Gasteiger partial charge in [-0.2, -0.15) is 5.26 Å². The fourth-order valence-electron chi connectivity index (χ4n) is 2.08. The van der Waals surface area contributed by atoms with Crippen LogP contribution in [-0.2, 0) is 6.42 Å². The lowest BCUT2D eigenvalue weighted by Gasteiger charge is -2.07. The van der Waals surface area contributed by atoms with Crippen molar-refractivity contribution in [1.29, 1.82) is 5.26 Å². The highest BCUT2D eigenvalue weighted by molar-refractivity contribution is 7.16. The molecule has 20 heavy (non-hydrogen) atoms. The number of thiophene rings is 1. The van der Waals surface area contributed by atoms with Gasteiger partial charge in [0.15, 0.2) is 0 Å². The Bertz CT molecular complexity index is 673. The minimum absolute atomic E-state index is 0.368. The van der Waals surface area contributed by atoms with Crippen molar-refractivity contribution in [3.8, 4) is 22.3 Å². The molecule has 3 nitrogen and oxygen atoms in total. The first kappa shape index (κ1) is 14.4. The second-order valence-electron chi connectivity index (χ2n) is 4.36. The normalized spacial score (nSPS) is 10.3. The summed E-state index contributed by atoms with van der Waals surface area (Å²) in [6.45, 7) is 2.03. The van der Waals surface area contributed by atoms with E-state index in [-0.39, 0.29) is 5.82 Å². The van der Waals surface area contributed by atoms with E-state index < -0.39 is 0 Å². The standard InChI is InChI=1S/C15H15FN2OS/c1-3-4-11-14(18)13(8-17)20-15(11)10-6-5-9(19-2)7-12(10)16/h5-7H,3-4,18H2,1-2H3. The number of ether oxygens (including phenoxy) is 1. The molecule has 2 aromatic rings. The molecule has 0 unspecified atom stereocenters. The largest absolute Gasteiger partial charge is 0.497 e. The third kappa shape index (κ3) is 2.47. The Balaban J connectivity index is 2.60. The van der Waals surface area contributed by atoms with Crippen molar-refractivity contribution in [2.24, 2.45) is 0 Å². The van der Waals surface area contributed by atoms with Crippen LogP contribution in [0.4, 0.5) is 10.1 Å². The summed E-state index contributed by atoms with van der Waals surface area (Å²) in [4.78, 5) is 1.18. The summed E-state index contributed by atoms with van der Waals surface area (Å²) in [5.41, 5.74) is 7.79. The van der Waals surface area contributed by atoms with Crippen molar-refractivity contribution >= 4 is 17.0 Å². The highest BCUT2D eigenvalue weighted by Crippen LogP contribution is 2.40. The van der Waals surface area contributed by atoms with E-state index in [1.54, 1.807) is 12.1 Å². The van der Waals surface area contributed by atoms with Gasteiger partial charge in [0.1, 0.15) is 22.5 Å². The van der Waals surface area contributed by atoms with Crippen LogP contribution in [0.15, 0.2) is 18.2 Å². The van der Waals surface area contributed by atoms with Crippen molar-refractivity contribution in [2.75, 3.05) is 12.8 Å². The van der Waals surface area contributed by atoms with Crippen LogP contribution >= 0.6 is 11.3 Å². The lowest BCUT2D eigenvalue weighted by atomic mass is 10.0. The van der Waals surface area contributed by atoms with Crippen molar-refractivity contribution < 1.29 is 9.13 Å². The first-order valence-electron chi connectivity index (χ1n) is 6.27. The fourth-order valence-corrected chi connectivity index (χ4v) is 3.18. The Morgan fingerprint density at radius 2 is 2.20 bits per heavy atom. The van der Waals surface area contributed by atoms with Gasteiger partial charge < -0.3 is 10.5 Å². The number of methoxy groups -OCH3 is 1. The number of hydrogen-bond acceptors (Lipinski definition) is 4. The second-order valence-corrected chi connectivity index (χ2v) is 5.38. The molecule has 0 atom stereocenters. The van der Waals surface area contributed by atoms with E-state index in [9.17, 15) is 4.39 Å². The van der Waals surface area contributed by atoms with E-state index in [2.05, 4.69) is 6.07 Å². The molecule has 0 bridgehead atoms. The number of nitrogens with zero attached hydrogens (tertiary/aromatic N) is 1. The van der Waals surface area contributed by atoms with E-state index in [4.69, 9.17) is 15.7 Å². The lowest BCUT2D eigenvalue weighted by molar-refractivity contribution is 0.411. The average molecular weight is 290 g/mol. The number of rotatable bonds is 4. The van der Waals surface area contributed by atoms with Crippen LogP contribution in [0, 0.1) is 17.1 Å². The SMILES string of the molecule is CCCc1c(-c2ccc(OC)cc2F)sc(C#N)c1N. The number of anilines is 1. The Labute approximate surface area is 121 Å². The predicted molar refractivity (Wildman–Crippen MR) is 79.4 cm³/mol. The molecular formula is C15H15FN2OS. The third-order valence-electron chi connectivity index (χ3n) is 3.07. The zero-order valence-electron chi connectivity index (χ0n) is 11.4. The summed E-state index contributed by atoms with van der Waals surface area (Å²) >= 11 is 1.24. The van der Waals surface area contributed by atoms with E-state index in [1.807, 2.05) is 6.92 Å². The van der Waals surface area contributed by atoms with Crippen LogP contribution in [0.1, 0.15) is 23.8 Å². The van der Waals surface area contributed by atoms with Crippen molar-refractivity contribution in [3.05, 3.63) is 34.5 Å². The summed E-state index contributed by atoms with van der Waals surface area (Å²) in [7, 11) is 1.49. The van der Waals surface area contributed by atoms with Gasteiger partial charge in [0.25, 0.3) is 0 Å². The topological polar surface area (TPSA) is 59.0 Å². The summed E-state index contributed by atoms with van der Waals surface area (Å²) in [5.74, 6) is 0.0979. The number of nitrogen functional groups attached to an aromatic ring is 1. The van der Waals surface area contributed by atoms with Gasteiger partial charge in [-0.05, 0) is 24.1 Å². The maximum atomic E-state index is 14.2. The van der Waals surface area contributed by atoms with Gasteiger partial charge in [-0.15, -0.1) is 11.3 Å². The quantitative estimate of drug-likeness (QED) is 0.926. The number of nitriles is 1. The Kier molecular flexibility index (Phi) is 4.26. The second kappa shape index (κ2) is 5.93. The number of hydrogen-bond donors (Lipinski definition) is 1. The molecule has 0 spiro atoms. The summed E-state index contributed by atoms with van der Waals surface area (Å²) < 4.78 is 19.2. The summed E-state index contributed by atoms with van der Waals surface area (Å²) in [6, 6.07) is 6.78. The van der Waals surface area contributed by atoms with Gasteiger partial charge in [-0.1, -0.05) is 13.3 Å². The zero-order chi connectivity index (χ0) is 14.7. The van der Waals surface area contributed by atoms with Gasteiger partial charge in [-0.3, -0.25) is 0 Å². The van der Waals surface area contributed by atoms with Crippen LogP contribution < -0.4 is 10.5 Å². The smallest absolute Gasteiger partial charge is 0.135 e. The highest BCUT2D eigenvalue weighted by Gasteiger charge is 2.19. The fraction of sp³-hybridized carbons (Fsp3) is 0.267. The highest BCUT2D eigenvalue weighted by atomic mass is 32.1. The number of nitrogens with two attached hydrogens (primary N) is 1. The molecule has 1 aromatic heterocycles. The number of halogens is 1. The zero-order valence-corrected chi connectivity index (χ0v) is 12.2. The molecule has 5 heteroatoms. The molecule has 0 saturated carbocycles. The minimum Gasteiger partial charge on any atom is -0.497 e. The molecule has 0 aliphatic carbocycles. The molecule has 104 valence electrons. The molecule has 0 radical (unpaired) electrons. The monoisotopic (exact) mass is 290 g/mol.